The number of nitrogens with zero attached hydrogens (tertiary/aromatic N) is 2. The fraction of sp³-hybridized carbons (Fsp3) is 0.0149. The van der Waals surface area contributed by atoms with Crippen LogP contribution in [0.1, 0.15) is 11.3 Å². The van der Waals surface area contributed by atoms with Crippen LogP contribution in [0.5, 0.6) is 0 Å². The number of para-hydroxylation sites is 1. The lowest BCUT2D eigenvalue weighted by molar-refractivity contribution is 0.669. The Morgan fingerprint density at radius 2 is 0.929 bits per heavy atom. The molecule has 13 rings (SSSR count). The Kier molecular flexibility index (Phi) is 9.88. The zero-order valence-corrected chi connectivity index (χ0v) is 38.7. The van der Waals surface area contributed by atoms with Crippen molar-refractivity contribution in [1.82, 2.24) is 9.13 Å². The van der Waals surface area contributed by atoms with E-state index in [1.54, 1.807) is 0 Å². The molecule has 0 aliphatic rings. The third-order valence-corrected chi connectivity index (χ3v) is 14.1. The second kappa shape index (κ2) is 16.9. The summed E-state index contributed by atoms with van der Waals surface area (Å²) in [6, 6.07) is 83.5. The Bertz CT molecular complexity index is 4170. The predicted molar refractivity (Wildman–Crippen MR) is 296 cm³/mol. The topological polar surface area (TPSA) is 23.0 Å². The molecule has 0 aliphatic carbocycles. The molecule has 0 bridgehead atoms. The van der Waals surface area contributed by atoms with Gasteiger partial charge in [-0.2, -0.15) is 0 Å². The zero-order valence-electron chi connectivity index (χ0n) is 38.7. The quantitative estimate of drug-likeness (QED) is 0.132. The Morgan fingerprint density at radius 3 is 1.64 bits per heavy atom. The fourth-order valence-electron chi connectivity index (χ4n) is 10.7. The second-order valence-corrected chi connectivity index (χ2v) is 18.1. The second-order valence-electron chi connectivity index (χ2n) is 18.1. The van der Waals surface area contributed by atoms with Crippen LogP contribution >= 0.6 is 0 Å². The number of fused-ring (bicyclic) bond motifs is 7. The van der Waals surface area contributed by atoms with Crippen molar-refractivity contribution >= 4 is 60.7 Å². The van der Waals surface area contributed by atoms with Crippen LogP contribution < -0.4 is 0 Å². The van der Waals surface area contributed by atoms with Crippen molar-refractivity contribution in [2.75, 3.05) is 0 Å². The summed E-state index contributed by atoms with van der Waals surface area (Å²) in [6.07, 6.45) is 6.10. The van der Waals surface area contributed by atoms with Crippen molar-refractivity contribution < 1.29 is 4.42 Å². The van der Waals surface area contributed by atoms with Crippen LogP contribution in [0.25, 0.3) is 128 Å². The van der Waals surface area contributed by atoms with Gasteiger partial charge in [0.1, 0.15) is 11.2 Å². The van der Waals surface area contributed by atoms with E-state index >= 15 is 0 Å². The van der Waals surface area contributed by atoms with Gasteiger partial charge in [0.2, 0.25) is 0 Å². The number of aryl methyl sites for hydroxylation is 1. The van der Waals surface area contributed by atoms with Crippen LogP contribution in [0.3, 0.4) is 0 Å². The molecule has 0 radical (unpaired) electrons. The molecule has 3 aromatic heterocycles. The maximum atomic E-state index is 6.21. The van der Waals surface area contributed by atoms with Crippen LogP contribution in [-0.4, -0.2) is 9.13 Å². The van der Waals surface area contributed by atoms with Gasteiger partial charge in [0.05, 0.1) is 22.2 Å². The van der Waals surface area contributed by atoms with Crippen molar-refractivity contribution in [3.8, 4) is 67.0 Å². The summed E-state index contributed by atoms with van der Waals surface area (Å²) in [6.45, 7) is 6.32. The molecule has 0 aliphatic heterocycles. The van der Waals surface area contributed by atoms with Gasteiger partial charge in [0.15, 0.2) is 0 Å². The molecular formula is C67H46N2O. The summed E-state index contributed by atoms with van der Waals surface area (Å²) in [5.74, 6) is 0. The van der Waals surface area contributed by atoms with Gasteiger partial charge in [-0.25, -0.2) is 0 Å². The number of hydrogen-bond acceptors (Lipinski definition) is 1. The van der Waals surface area contributed by atoms with Crippen LogP contribution in [0.2, 0.25) is 0 Å². The van der Waals surface area contributed by atoms with E-state index in [0.717, 1.165) is 66.8 Å². The van der Waals surface area contributed by atoms with Gasteiger partial charge >= 0.3 is 0 Å². The smallest absolute Gasteiger partial charge is 0.135 e. The first-order valence-electron chi connectivity index (χ1n) is 23.9. The minimum Gasteiger partial charge on any atom is -0.456 e. The van der Waals surface area contributed by atoms with E-state index in [-0.39, 0.29) is 0 Å². The van der Waals surface area contributed by atoms with Gasteiger partial charge in [-0.05, 0) is 141 Å². The van der Waals surface area contributed by atoms with E-state index < -0.39 is 0 Å². The molecule has 3 heteroatoms. The average molecular weight is 895 g/mol. The van der Waals surface area contributed by atoms with Crippen LogP contribution in [0.15, 0.2) is 254 Å². The normalized spacial score (nSPS) is 11.8. The molecule has 0 saturated heterocycles. The van der Waals surface area contributed by atoms with Crippen molar-refractivity contribution in [3.05, 3.63) is 261 Å². The highest BCUT2D eigenvalue weighted by Crippen LogP contribution is 2.43. The lowest BCUT2D eigenvalue weighted by Gasteiger charge is -2.17. The summed E-state index contributed by atoms with van der Waals surface area (Å²) in [4.78, 5) is 0. The first-order chi connectivity index (χ1) is 34.6. The summed E-state index contributed by atoms with van der Waals surface area (Å²) in [7, 11) is 0. The van der Waals surface area contributed by atoms with Gasteiger partial charge in [0, 0.05) is 43.9 Å². The molecule has 10 aromatic carbocycles. The molecular weight excluding hydrogens is 849 g/mol. The maximum absolute atomic E-state index is 6.21. The number of rotatable bonds is 9. The van der Waals surface area contributed by atoms with E-state index in [4.69, 9.17) is 4.42 Å². The largest absolute Gasteiger partial charge is 0.456 e. The molecule has 3 nitrogen and oxygen atoms in total. The number of aromatic nitrogens is 2. The molecule has 330 valence electrons. The number of hydrogen-bond donors (Lipinski definition) is 0. The number of furan rings is 1. The van der Waals surface area contributed by atoms with Crippen LogP contribution in [0, 0.1) is 6.92 Å². The highest BCUT2D eigenvalue weighted by molar-refractivity contribution is 6.17. The molecule has 0 N–H and O–H groups in total. The van der Waals surface area contributed by atoms with Gasteiger partial charge < -0.3 is 13.6 Å². The van der Waals surface area contributed by atoms with Crippen molar-refractivity contribution in [2.45, 2.75) is 6.92 Å². The Labute approximate surface area is 406 Å². The van der Waals surface area contributed by atoms with Crippen LogP contribution in [-0.2, 0) is 0 Å². The summed E-state index contributed by atoms with van der Waals surface area (Å²) in [5.41, 5.74) is 21.6. The fourth-order valence-corrected chi connectivity index (χ4v) is 10.7. The molecule has 0 atom stereocenters. The summed E-state index contributed by atoms with van der Waals surface area (Å²) < 4.78 is 11.1. The van der Waals surface area contributed by atoms with E-state index in [1.807, 2.05) is 24.3 Å². The minimum absolute atomic E-state index is 0.894. The summed E-state index contributed by atoms with van der Waals surface area (Å²) >= 11 is 0. The highest BCUT2D eigenvalue weighted by atomic mass is 16.3. The van der Waals surface area contributed by atoms with Crippen molar-refractivity contribution in [1.29, 1.82) is 0 Å². The zero-order chi connectivity index (χ0) is 46.7. The predicted octanol–water partition coefficient (Wildman–Crippen LogP) is 18.5. The Hall–Kier alpha value is -9.18. The Balaban J connectivity index is 0.973. The van der Waals surface area contributed by atoms with Crippen LogP contribution in [0.4, 0.5) is 0 Å². The van der Waals surface area contributed by atoms with Gasteiger partial charge in [-0.1, -0.05) is 176 Å². The van der Waals surface area contributed by atoms with E-state index in [9.17, 15) is 0 Å². The maximum Gasteiger partial charge on any atom is 0.135 e. The van der Waals surface area contributed by atoms with E-state index in [1.165, 1.54) is 66.1 Å². The monoisotopic (exact) mass is 894 g/mol. The van der Waals surface area contributed by atoms with Gasteiger partial charge in [0.25, 0.3) is 0 Å². The van der Waals surface area contributed by atoms with Crippen molar-refractivity contribution in [2.24, 2.45) is 0 Å². The molecule has 3 heterocycles. The minimum atomic E-state index is 0.894. The molecule has 13 aromatic rings. The lowest BCUT2D eigenvalue weighted by Crippen LogP contribution is -2.00. The number of benzene rings is 10. The standard InChI is InChI=1S/C67H46N2O/c1-3-4-25-60-44(2)56-40-49(30-36-61(56)69(60)62-37-31-50(41-57(62)48-21-12-7-13-22-48)52-33-39-66-58(42-52)55-23-14-15-27-65(55)70-66)51-32-38-63-59(43-51)67-54(47-19-10-6-11-20-47)24-16-26-64(67)68(63)53-34-28-46(29-35-53)45-17-8-5-9-18-45/h3-43H,1H2,2H3/b25-4-. The number of allylic oxidation sites excluding steroid dienone is 2. The van der Waals surface area contributed by atoms with E-state index in [2.05, 4.69) is 247 Å². The van der Waals surface area contributed by atoms with Gasteiger partial charge in [-0.3, -0.25) is 0 Å². The lowest BCUT2D eigenvalue weighted by atomic mass is 9.96. The Morgan fingerprint density at radius 1 is 0.386 bits per heavy atom. The molecule has 0 saturated carbocycles. The molecule has 0 amide bonds. The SMILES string of the molecule is C=C/C=C\c1c(C)c2cc(-c3ccc4c(c3)c3c(-c5ccccc5)cccc3n4-c3ccc(-c4ccccc4)cc3)ccc2n1-c1ccc(-c2ccc3oc4ccccc4c3c2)cc1-c1ccccc1. The third kappa shape index (κ3) is 6.82. The first kappa shape index (κ1) is 41.0. The highest BCUT2D eigenvalue weighted by Gasteiger charge is 2.21. The molecule has 70 heavy (non-hydrogen) atoms. The molecule has 0 fully saturated rings. The average Bonchev–Trinajstić information content (AvgIpc) is 4.07. The van der Waals surface area contributed by atoms with Crippen molar-refractivity contribution in [3.63, 3.8) is 0 Å². The molecule has 0 spiro atoms. The molecule has 0 unspecified atom stereocenters. The van der Waals surface area contributed by atoms with Gasteiger partial charge in [-0.15, -0.1) is 0 Å². The summed E-state index contributed by atoms with van der Waals surface area (Å²) in [5, 5.41) is 5.91. The third-order valence-electron chi connectivity index (χ3n) is 14.1. The van der Waals surface area contributed by atoms with E-state index in [0.29, 0.717) is 0 Å². The first-order valence-corrected chi connectivity index (χ1v) is 23.9.